The van der Waals surface area contributed by atoms with Crippen molar-refractivity contribution in [2.45, 2.75) is 12.6 Å². The van der Waals surface area contributed by atoms with E-state index in [0.29, 0.717) is 17.3 Å². The van der Waals surface area contributed by atoms with Crippen LogP contribution in [-0.2, 0) is 16.1 Å². The van der Waals surface area contributed by atoms with Crippen molar-refractivity contribution in [1.82, 2.24) is 9.80 Å². The normalized spacial score (nSPS) is 19.7. The largest absolute Gasteiger partial charge is 0.486 e. The summed E-state index contributed by atoms with van der Waals surface area (Å²) in [5.74, 6) is -0.190. The first-order valence-electron chi connectivity index (χ1n) is 7.71. The van der Waals surface area contributed by atoms with Crippen molar-refractivity contribution in [3.8, 4) is 11.5 Å². The Bertz CT molecular complexity index is 831. The number of ether oxygens (including phenoxy) is 2. The fourth-order valence-corrected chi connectivity index (χ4v) is 2.77. The molecule has 0 N–H and O–H groups in total. The minimum atomic E-state index is -0.876. The van der Waals surface area contributed by atoms with E-state index < -0.39 is 23.9 Å². The molecule has 1 saturated heterocycles. The molecule has 0 radical (unpaired) electrons. The molecule has 2 aliphatic rings. The van der Waals surface area contributed by atoms with Gasteiger partial charge in [0, 0.05) is 0 Å². The van der Waals surface area contributed by atoms with E-state index in [2.05, 4.69) is 0 Å². The molecule has 2 aliphatic heterocycles. The summed E-state index contributed by atoms with van der Waals surface area (Å²) in [6, 6.07) is 9.71. The molecule has 8 heteroatoms. The third-order valence-corrected chi connectivity index (χ3v) is 3.98. The lowest BCUT2D eigenvalue weighted by Crippen LogP contribution is -2.44. The first-order valence-corrected chi connectivity index (χ1v) is 7.71. The maximum absolute atomic E-state index is 12.4. The molecule has 1 aromatic heterocycles. The summed E-state index contributed by atoms with van der Waals surface area (Å²) in [5, 5.41) is 0. The minimum absolute atomic E-state index is 0.0631. The molecule has 1 aromatic carbocycles. The molecule has 0 aliphatic carbocycles. The third kappa shape index (κ3) is 2.71. The van der Waals surface area contributed by atoms with Crippen molar-refractivity contribution in [3.63, 3.8) is 0 Å². The molecule has 0 unspecified atom stereocenters. The summed E-state index contributed by atoms with van der Waals surface area (Å²) in [6.07, 6.45) is 0.893. The van der Waals surface area contributed by atoms with Gasteiger partial charge in [0.2, 0.25) is 0 Å². The van der Waals surface area contributed by atoms with Gasteiger partial charge < -0.3 is 13.9 Å². The molecule has 25 heavy (non-hydrogen) atoms. The molecule has 8 nitrogen and oxygen atoms in total. The van der Waals surface area contributed by atoms with Crippen molar-refractivity contribution in [2.75, 3.05) is 13.2 Å². The van der Waals surface area contributed by atoms with E-state index in [1.54, 1.807) is 30.3 Å². The monoisotopic (exact) mass is 342 g/mol. The second kappa shape index (κ2) is 5.97. The Labute approximate surface area is 142 Å². The zero-order chi connectivity index (χ0) is 17.4. The fourth-order valence-electron chi connectivity index (χ4n) is 2.77. The SMILES string of the molecule is O=C1C(=O)N(C[C@@H]2COc3ccccc3O2)C(=O)N1Cc1ccco1. The molecule has 0 bridgehead atoms. The Morgan fingerprint density at radius 3 is 2.48 bits per heavy atom. The molecular formula is C17H14N2O6. The number of carbonyl (C=O) groups is 3. The summed E-state index contributed by atoms with van der Waals surface area (Å²) in [7, 11) is 0. The summed E-state index contributed by atoms with van der Waals surface area (Å²) < 4.78 is 16.4. The molecule has 1 fully saturated rings. The smallest absolute Gasteiger partial charge is 0.334 e. The molecule has 128 valence electrons. The van der Waals surface area contributed by atoms with Crippen molar-refractivity contribution in [1.29, 1.82) is 0 Å². The lowest BCUT2D eigenvalue weighted by molar-refractivity contribution is -0.144. The first kappa shape index (κ1) is 15.3. The van der Waals surface area contributed by atoms with Gasteiger partial charge in [0.15, 0.2) is 17.6 Å². The second-order valence-electron chi connectivity index (χ2n) is 5.67. The lowest BCUT2D eigenvalue weighted by atomic mass is 10.2. The lowest BCUT2D eigenvalue weighted by Gasteiger charge is -2.28. The number of hydrogen-bond acceptors (Lipinski definition) is 6. The van der Waals surface area contributed by atoms with Gasteiger partial charge in [-0.3, -0.25) is 14.5 Å². The number of nitrogens with zero attached hydrogens (tertiary/aromatic N) is 2. The zero-order valence-electron chi connectivity index (χ0n) is 13.1. The van der Waals surface area contributed by atoms with Crippen LogP contribution in [-0.4, -0.2) is 46.9 Å². The van der Waals surface area contributed by atoms with Crippen LogP contribution < -0.4 is 9.47 Å². The van der Waals surface area contributed by atoms with Gasteiger partial charge >= 0.3 is 17.8 Å². The molecular weight excluding hydrogens is 328 g/mol. The number of para-hydroxylation sites is 2. The van der Waals surface area contributed by atoms with E-state index in [0.717, 1.165) is 9.80 Å². The molecule has 3 heterocycles. The zero-order valence-corrected chi connectivity index (χ0v) is 13.1. The molecule has 1 atom stereocenters. The Balaban J connectivity index is 1.47. The Kier molecular flexibility index (Phi) is 3.64. The fraction of sp³-hybridized carbons (Fsp3) is 0.235. The number of rotatable bonds is 4. The van der Waals surface area contributed by atoms with Crippen LogP contribution in [0.2, 0.25) is 0 Å². The summed E-state index contributed by atoms with van der Waals surface area (Å²) in [4.78, 5) is 38.4. The van der Waals surface area contributed by atoms with E-state index in [4.69, 9.17) is 13.9 Å². The molecule has 4 rings (SSSR count). The van der Waals surface area contributed by atoms with Gasteiger partial charge in [-0.1, -0.05) is 12.1 Å². The van der Waals surface area contributed by atoms with Gasteiger partial charge in [-0.05, 0) is 24.3 Å². The maximum Gasteiger partial charge on any atom is 0.334 e. The maximum atomic E-state index is 12.4. The van der Waals surface area contributed by atoms with E-state index in [9.17, 15) is 14.4 Å². The number of imide groups is 2. The second-order valence-corrected chi connectivity index (χ2v) is 5.67. The summed E-state index contributed by atoms with van der Waals surface area (Å²) in [5.41, 5.74) is 0. The van der Waals surface area contributed by atoms with Crippen LogP contribution >= 0.6 is 0 Å². The highest BCUT2D eigenvalue weighted by Gasteiger charge is 2.46. The molecule has 2 aromatic rings. The number of hydrogen-bond donors (Lipinski definition) is 0. The van der Waals surface area contributed by atoms with Crippen LogP contribution in [0, 0.1) is 0 Å². The predicted octanol–water partition coefficient (Wildman–Crippen LogP) is 1.41. The summed E-state index contributed by atoms with van der Waals surface area (Å²) in [6.45, 7) is 0.0323. The standard InChI is InChI=1S/C17H14N2O6/c20-15-16(21)19(17(22)18(15)8-11-4-3-7-23-11)9-12-10-24-13-5-1-2-6-14(13)25-12/h1-7,12H,8-10H2/t12-/m1/s1. The van der Waals surface area contributed by atoms with Crippen LogP contribution in [0.4, 0.5) is 4.79 Å². The predicted molar refractivity (Wildman–Crippen MR) is 82.7 cm³/mol. The average molecular weight is 342 g/mol. The van der Waals surface area contributed by atoms with Crippen molar-refractivity contribution in [2.24, 2.45) is 0 Å². The Morgan fingerprint density at radius 1 is 0.960 bits per heavy atom. The Hall–Kier alpha value is -3.29. The number of benzene rings is 1. The molecule has 0 spiro atoms. The van der Waals surface area contributed by atoms with Crippen molar-refractivity contribution in [3.05, 3.63) is 48.4 Å². The van der Waals surface area contributed by atoms with Gasteiger partial charge in [-0.25, -0.2) is 9.69 Å². The number of amides is 4. The number of furan rings is 1. The van der Waals surface area contributed by atoms with E-state index >= 15 is 0 Å². The van der Waals surface area contributed by atoms with Gasteiger partial charge in [0.25, 0.3) is 0 Å². The van der Waals surface area contributed by atoms with Crippen LogP contribution in [0.3, 0.4) is 0 Å². The number of carbonyl (C=O) groups excluding carboxylic acids is 3. The van der Waals surface area contributed by atoms with Crippen LogP contribution in [0.5, 0.6) is 11.5 Å². The van der Waals surface area contributed by atoms with Crippen molar-refractivity contribution >= 4 is 17.8 Å². The topological polar surface area (TPSA) is 89.3 Å². The highest BCUT2D eigenvalue weighted by Crippen LogP contribution is 2.31. The van der Waals surface area contributed by atoms with Crippen LogP contribution in [0.1, 0.15) is 5.76 Å². The summed E-state index contributed by atoms with van der Waals surface area (Å²) >= 11 is 0. The van der Waals surface area contributed by atoms with E-state index in [1.165, 1.54) is 6.26 Å². The average Bonchev–Trinajstić information content (AvgIpc) is 3.21. The van der Waals surface area contributed by atoms with Gasteiger partial charge in [-0.15, -0.1) is 0 Å². The van der Waals surface area contributed by atoms with Gasteiger partial charge in [0.05, 0.1) is 19.4 Å². The van der Waals surface area contributed by atoms with Crippen LogP contribution in [0.15, 0.2) is 47.1 Å². The van der Waals surface area contributed by atoms with E-state index in [1.807, 2.05) is 6.07 Å². The first-order chi connectivity index (χ1) is 12.1. The number of fused-ring (bicyclic) bond motifs is 1. The molecule has 0 saturated carbocycles. The highest BCUT2D eigenvalue weighted by molar-refractivity contribution is 6.44. The third-order valence-electron chi connectivity index (χ3n) is 3.98. The van der Waals surface area contributed by atoms with Gasteiger partial charge in [-0.2, -0.15) is 0 Å². The Morgan fingerprint density at radius 2 is 1.72 bits per heavy atom. The number of urea groups is 1. The minimum Gasteiger partial charge on any atom is -0.486 e. The molecule has 4 amide bonds. The van der Waals surface area contributed by atoms with Gasteiger partial charge in [0.1, 0.15) is 12.4 Å². The van der Waals surface area contributed by atoms with Crippen LogP contribution in [0.25, 0.3) is 0 Å². The van der Waals surface area contributed by atoms with Crippen molar-refractivity contribution < 1.29 is 28.3 Å². The van der Waals surface area contributed by atoms with E-state index in [-0.39, 0.29) is 19.7 Å². The quantitative estimate of drug-likeness (QED) is 0.616. The highest BCUT2D eigenvalue weighted by atomic mass is 16.6.